The van der Waals surface area contributed by atoms with E-state index in [0.717, 1.165) is 26.5 Å². The standard InChI is InChI=1S/C22H19NO4S/c1-12-15(21(26)19-16(24)4-3-5-17(19)25)10-11-18-20(12)23-22(28-18)13-6-8-14(27-2)9-7-13/h6-11,19H,3-5H2,1-2H3. The zero-order valence-corrected chi connectivity index (χ0v) is 16.5. The first kappa shape index (κ1) is 18.5. The van der Waals surface area contributed by atoms with Crippen molar-refractivity contribution in [2.24, 2.45) is 5.92 Å². The van der Waals surface area contributed by atoms with Crippen LogP contribution in [0.1, 0.15) is 35.2 Å². The van der Waals surface area contributed by atoms with Crippen molar-refractivity contribution in [3.63, 3.8) is 0 Å². The molecule has 0 N–H and O–H groups in total. The minimum atomic E-state index is -1.15. The van der Waals surface area contributed by atoms with Crippen molar-refractivity contribution in [3.05, 3.63) is 47.5 Å². The van der Waals surface area contributed by atoms with Crippen LogP contribution in [0, 0.1) is 12.8 Å². The van der Waals surface area contributed by atoms with Crippen LogP contribution >= 0.6 is 11.3 Å². The molecule has 0 bridgehead atoms. The van der Waals surface area contributed by atoms with E-state index >= 15 is 0 Å². The molecule has 0 saturated heterocycles. The molecule has 0 unspecified atom stereocenters. The maximum atomic E-state index is 13.0. The van der Waals surface area contributed by atoms with E-state index in [1.807, 2.05) is 37.3 Å². The maximum Gasteiger partial charge on any atom is 0.181 e. The number of nitrogens with zero attached hydrogens (tertiary/aromatic N) is 1. The normalized spacial score (nSPS) is 15.2. The molecule has 0 aliphatic heterocycles. The molecule has 28 heavy (non-hydrogen) atoms. The Morgan fingerprint density at radius 1 is 1.07 bits per heavy atom. The number of carbonyl (C=O) groups excluding carboxylic acids is 3. The van der Waals surface area contributed by atoms with Crippen molar-refractivity contribution < 1.29 is 19.1 Å². The van der Waals surface area contributed by atoms with E-state index in [0.29, 0.717) is 30.4 Å². The van der Waals surface area contributed by atoms with Crippen LogP contribution in [-0.4, -0.2) is 29.4 Å². The first-order valence-electron chi connectivity index (χ1n) is 9.14. The van der Waals surface area contributed by atoms with Crippen LogP contribution < -0.4 is 4.74 Å². The summed E-state index contributed by atoms with van der Waals surface area (Å²) in [5, 5.41) is 0.843. The first-order chi connectivity index (χ1) is 13.5. The summed E-state index contributed by atoms with van der Waals surface area (Å²) in [6.07, 6.45) is 1.13. The van der Waals surface area contributed by atoms with Gasteiger partial charge >= 0.3 is 0 Å². The molecule has 6 heteroatoms. The van der Waals surface area contributed by atoms with E-state index < -0.39 is 11.7 Å². The van der Waals surface area contributed by atoms with Gasteiger partial charge in [-0.05, 0) is 55.3 Å². The number of hydrogen-bond acceptors (Lipinski definition) is 6. The highest BCUT2D eigenvalue weighted by Gasteiger charge is 2.37. The highest BCUT2D eigenvalue weighted by Crippen LogP contribution is 2.34. The summed E-state index contributed by atoms with van der Waals surface area (Å²) in [4.78, 5) is 42.0. The van der Waals surface area contributed by atoms with Crippen molar-refractivity contribution in [2.75, 3.05) is 7.11 Å². The molecular formula is C22H19NO4S. The lowest BCUT2D eigenvalue weighted by atomic mass is 9.81. The molecule has 1 aromatic heterocycles. The van der Waals surface area contributed by atoms with Crippen LogP contribution in [0.5, 0.6) is 5.75 Å². The average Bonchev–Trinajstić information content (AvgIpc) is 3.13. The lowest BCUT2D eigenvalue weighted by molar-refractivity contribution is -0.133. The fraction of sp³-hybridized carbons (Fsp3) is 0.273. The number of rotatable bonds is 4. The SMILES string of the molecule is COc1ccc(-c2nc3c(C)c(C(=O)C4C(=O)CCCC4=O)ccc3s2)cc1. The molecule has 0 amide bonds. The van der Waals surface area contributed by atoms with Gasteiger partial charge in [0.1, 0.15) is 16.7 Å². The molecule has 0 spiro atoms. The fourth-order valence-electron chi connectivity index (χ4n) is 3.60. The van der Waals surface area contributed by atoms with Gasteiger partial charge < -0.3 is 4.74 Å². The topological polar surface area (TPSA) is 73.3 Å². The lowest BCUT2D eigenvalue weighted by Crippen LogP contribution is -2.35. The first-order valence-corrected chi connectivity index (χ1v) is 9.95. The van der Waals surface area contributed by atoms with Gasteiger partial charge in [-0.1, -0.05) is 0 Å². The Kier molecular flexibility index (Phi) is 4.81. The minimum Gasteiger partial charge on any atom is -0.497 e. The summed E-state index contributed by atoms with van der Waals surface area (Å²) in [6, 6.07) is 11.2. The second-order valence-electron chi connectivity index (χ2n) is 6.92. The van der Waals surface area contributed by atoms with Crippen molar-refractivity contribution in [2.45, 2.75) is 26.2 Å². The van der Waals surface area contributed by atoms with Gasteiger partial charge in [0.25, 0.3) is 0 Å². The maximum absolute atomic E-state index is 13.0. The average molecular weight is 393 g/mol. The number of carbonyl (C=O) groups is 3. The van der Waals surface area contributed by atoms with E-state index in [9.17, 15) is 14.4 Å². The number of aromatic nitrogens is 1. The van der Waals surface area contributed by atoms with Crippen LogP contribution in [0.2, 0.25) is 0 Å². The highest BCUT2D eigenvalue weighted by molar-refractivity contribution is 7.21. The zero-order valence-electron chi connectivity index (χ0n) is 15.7. The predicted octanol–water partition coefficient (Wildman–Crippen LogP) is 4.40. The number of thiazole rings is 1. The van der Waals surface area contributed by atoms with Crippen molar-refractivity contribution in [1.29, 1.82) is 0 Å². The minimum absolute atomic E-state index is 0.266. The monoisotopic (exact) mass is 393 g/mol. The quantitative estimate of drug-likeness (QED) is 0.485. The molecule has 1 fully saturated rings. The van der Waals surface area contributed by atoms with Gasteiger partial charge in [0.2, 0.25) is 0 Å². The molecule has 2 aromatic carbocycles. The van der Waals surface area contributed by atoms with Crippen LogP contribution in [-0.2, 0) is 9.59 Å². The number of aryl methyl sites for hydroxylation is 1. The summed E-state index contributed by atoms with van der Waals surface area (Å²) in [5.41, 5.74) is 2.82. The Morgan fingerprint density at radius 3 is 2.39 bits per heavy atom. The van der Waals surface area contributed by atoms with Crippen LogP contribution in [0.3, 0.4) is 0 Å². The number of methoxy groups -OCH3 is 1. The van der Waals surface area contributed by atoms with Gasteiger partial charge in [0, 0.05) is 24.0 Å². The van der Waals surface area contributed by atoms with Gasteiger partial charge in [0.05, 0.1) is 17.3 Å². The number of fused-ring (bicyclic) bond motifs is 1. The Hall–Kier alpha value is -2.86. The largest absolute Gasteiger partial charge is 0.497 e. The van der Waals surface area contributed by atoms with Gasteiger partial charge in [-0.25, -0.2) is 4.98 Å². The third-order valence-electron chi connectivity index (χ3n) is 5.17. The van der Waals surface area contributed by atoms with Gasteiger partial charge in [-0.3, -0.25) is 14.4 Å². The molecule has 142 valence electrons. The highest BCUT2D eigenvalue weighted by atomic mass is 32.1. The molecule has 1 saturated carbocycles. The second kappa shape index (κ2) is 7.28. The van der Waals surface area contributed by atoms with E-state index in [1.165, 1.54) is 11.3 Å². The second-order valence-corrected chi connectivity index (χ2v) is 7.95. The number of ketones is 3. The summed E-state index contributed by atoms with van der Waals surface area (Å²) in [6.45, 7) is 1.82. The summed E-state index contributed by atoms with van der Waals surface area (Å²) < 4.78 is 6.15. The number of hydrogen-bond donors (Lipinski definition) is 0. The van der Waals surface area contributed by atoms with E-state index in [1.54, 1.807) is 13.2 Å². The fourth-order valence-corrected chi connectivity index (χ4v) is 4.63. The molecule has 0 radical (unpaired) electrons. The smallest absolute Gasteiger partial charge is 0.181 e. The van der Waals surface area contributed by atoms with Gasteiger partial charge in [-0.2, -0.15) is 0 Å². The molecule has 0 atom stereocenters. The van der Waals surface area contributed by atoms with Crippen LogP contribution in [0.15, 0.2) is 36.4 Å². The molecule has 1 aliphatic carbocycles. The van der Waals surface area contributed by atoms with Gasteiger partial charge in [0.15, 0.2) is 17.3 Å². The number of Topliss-reactive ketones (excluding diaryl/α,β-unsaturated/α-hetero) is 3. The van der Waals surface area contributed by atoms with E-state index in [4.69, 9.17) is 9.72 Å². The Labute approximate surface area is 166 Å². The summed E-state index contributed by atoms with van der Waals surface area (Å²) in [5.74, 6) is -1.30. The Bertz CT molecular complexity index is 1080. The number of ether oxygens (including phenoxy) is 1. The Balaban J connectivity index is 1.73. The molecule has 4 rings (SSSR count). The zero-order chi connectivity index (χ0) is 19.8. The lowest BCUT2D eigenvalue weighted by Gasteiger charge is -2.19. The van der Waals surface area contributed by atoms with E-state index in [-0.39, 0.29) is 11.6 Å². The third kappa shape index (κ3) is 3.14. The summed E-state index contributed by atoms with van der Waals surface area (Å²) in [7, 11) is 1.62. The third-order valence-corrected chi connectivity index (χ3v) is 6.24. The summed E-state index contributed by atoms with van der Waals surface area (Å²) >= 11 is 1.54. The Morgan fingerprint density at radius 2 is 1.75 bits per heavy atom. The molecule has 1 aliphatic rings. The van der Waals surface area contributed by atoms with Crippen molar-refractivity contribution in [1.82, 2.24) is 4.98 Å². The van der Waals surface area contributed by atoms with E-state index in [2.05, 4.69) is 0 Å². The molecule has 3 aromatic rings. The molecule has 5 nitrogen and oxygen atoms in total. The van der Waals surface area contributed by atoms with Crippen molar-refractivity contribution >= 4 is 38.9 Å². The van der Waals surface area contributed by atoms with Crippen LogP contribution in [0.4, 0.5) is 0 Å². The predicted molar refractivity (Wildman–Crippen MR) is 108 cm³/mol. The number of benzene rings is 2. The van der Waals surface area contributed by atoms with Crippen molar-refractivity contribution in [3.8, 4) is 16.3 Å². The molecular weight excluding hydrogens is 374 g/mol. The van der Waals surface area contributed by atoms with Crippen LogP contribution in [0.25, 0.3) is 20.8 Å². The van der Waals surface area contributed by atoms with Gasteiger partial charge in [-0.15, -0.1) is 11.3 Å². The molecule has 1 heterocycles.